The molecule has 0 radical (unpaired) electrons. The molecule has 8 heteroatoms. The summed E-state index contributed by atoms with van der Waals surface area (Å²) >= 11 is 0. The van der Waals surface area contributed by atoms with Crippen molar-refractivity contribution in [3.63, 3.8) is 0 Å². The monoisotopic (exact) mass is 236 g/mol. The average molecular weight is 236 g/mol. The van der Waals surface area contributed by atoms with Gasteiger partial charge in [0.15, 0.2) is 5.82 Å². The second-order valence-corrected chi connectivity index (χ2v) is 3.20. The van der Waals surface area contributed by atoms with Gasteiger partial charge in [-0.3, -0.25) is 9.89 Å². The number of alkyl halides is 3. The Bertz CT molecular complexity index is 360. The predicted molar refractivity (Wildman–Crippen MR) is 50.9 cm³/mol. The Morgan fingerprint density at radius 2 is 2.25 bits per heavy atom. The minimum atomic E-state index is -4.32. The molecule has 0 unspecified atom stereocenters. The van der Waals surface area contributed by atoms with E-state index in [0.29, 0.717) is 0 Å². The number of carbonyl (C=O) groups excluding carboxylic acids is 1. The van der Waals surface area contributed by atoms with Crippen molar-refractivity contribution in [2.45, 2.75) is 13.1 Å². The molecule has 1 amide bonds. The Balaban J connectivity index is 2.26. The van der Waals surface area contributed by atoms with E-state index in [2.05, 4.69) is 15.5 Å². The summed E-state index contributed by atoms with van der Waals surface area (Å²) < 4.78 is 35.2. The number of H-pyrrole nitrogens is 1. The normalized spacial score (nSPS) is 11.5. The number of anilines is 1. The lowest BCUT2D eigenvalue weighted by atomic mass is 10.4. The lowest BCUT2D eigenvalue weighted by Gasteiger charge is -2.07. The molecular formula is C8H11F3N4O. The van der Waals surface area contributed by atoms with Crippen molar-refractivity contribution < 1.29 is 18.0 Å². The summed E-state index contributed by atoms with van der Waals surface area (Å²) in [5, 5.41) is 10.6. The van der Waals surface area contributed by atoms with Crippen LogP contribution in [0.4, 0.5) is 19.0 Å². The molecule has 0 aliphatic carbocycles. The van der Waals surface area contributed by atoms with Gasteiger partial charge >= 0.3 is 6.18 Å². The smallest absolute Gasteiger partial charge is 0.308 e. The molecule has 90 valence electrons. The Morgan fingerprint density at radius 3 is 2.75 bits per heavy atom. The van der Waals surface area contributed by atoms with Crippen molar-refractivity contribution in [3.8, 4) is 0 Å². The van der Waals surface area contributed by atoms with Crippen molar-refractivity contribution in [3.05, 3.63) is 11.8 Å². The summed E-state index contributed by atoms with van der Waals surface area (Å²) in [6.07, 6.45) is -4.32. The lowest BCUT2D eigenvalue weighted by Crippen LogP contribution is -2.35. The van der Waals surface area contributed by atoms with Crippen molar-refractivity contribution in [2.75, 3.05) is 18.4 Å². The Kier molecular flexibility index (Phi) is 3.88. The van der Waals surface area contributed by atoms with E-state index in [9.17, 15) is 18.0 Å². The number of aromatic nitrogens is 2. The predicted octanol–water partition coefficient (Wildman–Crippen LogP) is 0.809. The zero-order valence-corrected chi connectivity index (χ0v) is 8.48. The van der Waals surface area contributed by atoms with Crippen LogP contribution < -0.4 is 10.6 Å². The van der Waals surface area contributed by atoms with Gasteiger partial charge in [0.1, 0.15) is 0 Å². The Labute approximate surface area is 89.4 Å². The van der Waals surface area contributed by atoms with Crippen LogP contribution >= 0.6 is 0 Å². The van der Waals surface area contributed by atoms with Crippen molar-refractivity contribution >= 4 is 11.7 Å². The summed E-state index contributed by atoms with van der Waals surface area (Å²) in [6.45, 7) is 0.135. The number of aromatic amines is 1. The van der Waals surface area contributed by atoms with E-state index < -0.39 is 25.2 Å². The maximum absolute atomic E-state index is 11.7. The molecule has 0 bridgehead atoms. The summed E-state index contributed by atoms with van der Waals surface area (Å²) in [6, 6.07) is 1.57. The number of carbonyl (C=O) groups is 1. The molecule has 0 atom stereocenters. The van der Waals surface area contributed by atoms with Gasteiger partial charge in [0.2, 0.25) is 5.91 Å². The SMILES string of the molecule is Cc1cc(NC(=O)CNCC(F)(F)F)n[nH]1. The molecule has 5 nitrogen and oxygen atoms in total. The first-order valence-corrected chi connectivity index (χ1v) is 4.46. The third kappa shape index (κ3) is 4.78. The van der Waals surface area contributed by atoms with E-state index in [0.717, 1.165) is 5.69 Å². The molecule has 0 aliphatic heterocycles. The van der Waals surface area contributed by atoms with Gasteiger partial charge in [-0.05, 0) is 6.92 Å². The fourth-order valence-electron chi connectivity index (χ4n) is 0.987. The van der Waals surface area contributed by atoms with Crippen LogP contribution in [0.1, 0.15) is 5.69 Å². The zero-order chi connectivity index (χ0) is 12.2. The van der Waals surface area contributed by atoms with E-state index in [4.69, 9.17) is 0 Å². The van der Waals surface area contributed by atoms with Gasteiger partial charge in [0, 0.05) is 11.8 Å². The number of rotatable bonds is 4. The fraction of sp³-hybridized carbons (Fsp3) is 0.500. The standard InChI is InChI=1S/C8H11F3N4O/c1-5-2-6(15-14-5)13-7(16)3-12-4-8(9,10)11/h2,12H,3-4H2,1H3,(H2,13,14,15,16). The number of halogens is 3. The highest BCUT2D eigenvalue weighted by atomic mass is 19.4. The molecule has 0 saturated heterocycles. The summed E-state index contributed by atoms with van der Waals surface area (Å²) in [4.78, 5) is 11.1. The number of nitrogens with one attached hydrogen (secondary N) is 3. The van der Waals surface area contributed by atoms with Crippen molar-refractivity contribution in [2.24, 2.45) is 0 Å². The van der Waals surface area contributed by atoms with Crippen molar-refractivity contribution in [1.82, 2.24) is 15.5 Å². The summed E-state index contributed by atoms with van der Waals surface area (Å²) in [5.74, 6) is -0.285. The number of hydrogen-bond donors (Lipinski definition) is 3. The van der Waals surface area contributed by atoms with Crippen LogP contribution in [0.3, 0.4) is 0 Å². The number of aryl methyl sites for hydroxylation is 1. The minimum Gasteiger partial charge on any atom is -0.308 e. The molecule has 0 aromatic carbocycles. The van der Waals surface area contributed by atoms with Gasteiger partial charge in [-0.1, -0.05) is 0 Å². The molecule has 0 saturated carbocycles. The van der Waals surface area contributed by atoms with E-state index >= 15 is 0 Å². The summed E-state index contributed by atoms with van der Waals surface area (Å²) in [5.41, 5.74) is 0.749. The Morgan fingerprint density at radius 1 is 1.56 bits per heavy atom. The molecule has 1 rings (SSSR count). The average Bonchev–Trinajstić information content (AvgIpc) is 2.48. The third-order valence-corrected chi connectivity index (χ3v) is 1.58. The van der Waals surface area contributed by atoms with Crippen LogP contribution in [0.2, 0.25) is 0 Å². The molecule has 0 fully saturated rings. The highest BCUT2D eigenvalue weighted by Gasteiger charge is 2.26. The van der Waals surface area contributed by atoms with Gasteiger partial charge in [0.25, 0.3) is 0 Å². The first-order valence-electron chi connectivity index (χ1n) is 4.46. The number of hydrogen-bond acceptors (Lipinski definition) is 3. The molecule has 3 N–H and O–H groups in total. The zero-order valence-electron chi connectivity index (χ0n) is 8.48. The van der Waals surface area contributed by atoms with E-state index in [1.807, 2.05) is 5.32 Å². The molecule has 1 aromatic heterocycles. The van der Waals surface area contributed by atoms with Gasteiger partial charge in [-0.2, -0.15) is 18.3 Å². The van der Waals surface area contributed by atoms with Gasteiger partial charge in [-0.25, -0.2) is 0 Å². The fourth-order valence-corrected chi connectivity index (χ4v) is 0.987. The van der Waals surface area contributed by atoms with Gasteiger partial charge in [0.05, 0.1) is 13.1 Å². The molecule has 1 heterocycles. The quantitative estimate of drug-likeness (QED) is 0.724. The van der Waals surface area contributed by atoms with Crippen LogP contribution in [0.25, 0.3) is 0 Å². The van der Waals surface area contributed by atoms with Crippen molar-refractivity contribution in [1.29, 1.82) is 0 Å². The highest BCUT2D eigenvalue weighted by molar-refractivity contribution is 5.91. The third-order valence-electron chi connectivity index (χ3n) is 1.58. The number of amides is 1. The molecule has 16 heavy (non-hydrogen) atoms. The first-order chi connectivity index (χ1) is 7.37. The van der Waals surface area contributed by atoms with E-state index in [1.165, 1.54) is 0 Å². The molecule has 1 aromatic rings. The minimum absolute atomic E-state index is 0.288. The molecule has 0 aliphatic rings. The van der Waals surface area contributed by atoms with Crippen LogP contribution in [0, 0.1) is 6.92 Å². The summed E-state index contributed by atoms with van der Waals surface area (Å²) in [7, 11) is 0. The second kappa shape index (κ2) is 4.97. The molecule has 0 spiro atoms. The number of nitrogens with zero attached hydrogens (tertiary/aromatic N) is 1. The highest BCUT2D eigenvalue weighted by Crippen LogP contribution is 2.11. The Hall–Kier alpha value is -1.57. The van der Waals surface area contributed by atoms with Crippen LogP contribution in [-0.2, 0) is 4.79 Å². The largest absolute Gasteiger partial charge is 0.401 e. The maximum atomic E-state index is 11.7. The lowest BCUT2D eigenvalue weighted by molar-refractivity contribution is -0.126. The second-order valence-electron chi connectivity index (χ2n) is 3.20. The van der Waals surface area contributed by atoms with Crippen LogP contribution in [-0.4, -0.2) is 35.4 Å². The van der Waals surface area contributed by atoms with Crippen LogP contribution in [0.5, 0.6) is 0 Å². The first kappa shape index (κ1) is 12.5. The van der Waals surface area contributed by atoms with Gasteiger partial charge in [-0.15, -0.1) is 0 Å². The molecular weight excluding hydrogens is 225 g/mol. The van der Waals surface area contributed by atoms with E-state index in [-0.39, 0.29) is 5.82 Å². The van der Waals surface area contributed by atoms with Crippen LogP contribution in [0.15, 0.2) is 6.07 Å². The topological polar surface area (TPSA) is 69.8 Å². The van der Waals surface area contributed by atoms with Gasteiger partial charge < -0.3 is 10.6 Å². The maximum Gasteiger partial charge on any atom is 0.401 e. The van der Waals surface area contributed by atoms with E-state index in [1.54, 1.807) is 13.0 Å².